The van der Waals surface area contributed by atoms with Gasteiger partial charge in [0.05, 0.1) is 12.7 Å². The van der Waals surface area contributed by atoms with Gasteiger partial charge in [-0.1, -0.05) is 35.9 Å². The molecule has 2 N–H and O–H groups in total. The van der Waals surface area contributed by atoms with E-state index in [1.807, 2.05) is 43.3 Å². The molecule has 5 heteroatoms. The number of carbonyl (C=O) groups is 2. The van der Waals surface area contributed by atoms with Crippen molar-refractivity contribution in [2.45, 2.75) is 19.4 Å². The Labute approximate surface area is 153 Å². The van der Waals surface area contributed by atoms with Crippen LogP contribution in [-0.2, 0) is 4.74 Å². The van der Waals surface area contributed by atoms with E-state index in [1.54, 1.807) is 18.2 Å². The summed E-state index contributed by atoms with van der Waals surface area (Å²) in [5.41, 5.74) is 2.38. The third-order valence-electron chi connectivity index (χ3n) is 4.52. The number of nitrogens with one attached hydrogen (secondary N) is 2. The summed E-state index contributed by atoms with van der Waals surface area (Å²) >= 11 is 0. The summed E-state index contributed by atoms with van der Waals surface area (Å²) in [5, 5.41) is 5.88. The molecule has 0 radical (unpaired) electrons. The highest BCUT2D eigenvalue weighted by Crippen LogP contribution is 2.18. The molecule has 0 aromatic heterocycles. The molecule has 1 aliphatic heterocycles. The lowest BCUT2D eigenvalue weighted by atomic mass is 10.1. The standard InChI is InChI=1S/C21H24N2O3/c1-15-6-5-9-18(10-15)21(25)23-13-19-11-16(14-26-19)12-22-20(24)17-7-3-2-4-8-17/h2-10,16,19H,11-14H2,1H3,(H,22,24)(H,23,25)/t16-,19+/m1/s1. The monoisotopic (exact) mass is 352 g/mol. The Morgan fingerprint density at radius 1 is 0.962 bits per heavy atom. The van der Waals surface area contributed by atoms with Crippen LogP contribution in [0.1, 0.15) is 32.7 Å². The van der Waals surface area contributed by atoms with Crippen LogP contribution in [0.3, 0.4) is 0 Å². The quantitative estimate of drug-likeness (QED) is 0.840. The van der Waals surface area contributed by atoms with Crippen LogP contribution in [0.2, 0.25) is 0 Å². The molecule has 2 atom stereocenters. The second kappa shape index (κ2) is 8.63. The lowest BCUT2D eigenvalue weighted by Crippen LogP contribution is -2.32. The average molecular weight is 352 g/mol. The van der Waals surface area contributed by atoms with E-state index in [4.69, 9.17) is 4.74 Å². The molecular weight excluding hydrogens is 328 g/mol. The van der Waals surface area contributed by atoms with E-state index in [0.29, 0.717) is 30.8 Å². The Balaban J connectivity index is 1.40. The second-order valence-electron chi connectivity index (χ2n) is 6.71. The molecule has 1 fully saturated rings. The van der Waals surface area contributed by atoms with E-state index in [1.165, 1.54) is 0 Å². The summed E-state index contributed by atoms with van der Waals surface area (Å²) in [6.45, 7) is 3.62. The van der Waals surface area contributed by atoms with Gasteiger partial charge >= 0.3 is 0 Å². The van der Waals surface area contributed by atoms with E-state index in [-0.39, 0.29) is 23.8 Å². The summed E-state index contributed by atoms with van der Waals surface area (Å²) in [5.74, 6) is 0.114. The molecule has 2 amide bonds. The Bertz CT molecular complexity index is 761. The summed E-state index contributed by atoms with van der Waals surface area (Å²) in [6.07, 6.45) is 0.811. The Morgan fingerprint density at radius 3 is 2.42 bits per heavy atom. The number of rotatable bonds is 6. The van der Waals surface area contributed by atoms with Gasteiger partial charge in [-0.2, -0.15) is 0 Å². The zero-order valence-electron chi connectivity index (χ0n) is 14.9. The van der Waals surface area contributed by atoms with Crippen molar-refractivity contribution in [1.29, 1.82) is 0 Å². The predicted molar refractivity (Wildman–Crippen MR) is 100 cm³/mol. The molecule has 2 aromatic carbocycles. The summed E-state index contributed by atoms with van der Waals surface area (Å²) in [4.78, 5) is 24.3. The van der Waals surface area contributed by atoms with Crippen molar-refractivity contribution in [3.05, 3.63) is 71.3 Å². The zero-order valence-corrected chi connectivity index (χ0v) is 14.9. The van der Waals surface area contributed by atoms with Crippen molar-refractivity contribution in [3.63, 3.8) is 0 Å². The molecule has 2 aromatic rings. The first-order valence-corrected chi connectivity index (χ1v) is 8.91. The maximum Gasteiger partial charge on any atom is 0.251 e. The minimum atomic E-state index is -0.0851. The number of hydrogen-bond acceptors (Lipinski definition) is 3. The third kappa shape index (κ3) is 4.92. The molecule has 0 spiro atoms. The van der Waals surface area contributed by atoms with Crippen LogP contribution in [-0.4, -0.2) is 37.6 Å². The average Bonchev–Trinajstić information content (AvgIpc) is 3.13. The third-order valence-corrected chi connectivity index (χ3v) is 4.52. The van der Waals surface area contributed by atoms with Crippen LogP contribution in [0.15, 0.2) is 54.6 Å². The van der Waals surface area contributed by atoms with Crippen LogP contribution >= 0.6 is 0 Å². The number of carbonyl (C=O) groups excluding carboxylic acids is 2. The molecular formula is C21H24N2O3. The van der Waals surface area contributed by atoms with E-state index in [0.717, 1.165) is 12.0 Å². The van der Waals surface area contributed by atoms with E-state index < -0.39 is 0 Å². The summed E-state index contributed by atoms with van der Waals surface area (Å²) < 4.78 is 5.75. The van der Waals surface area contributed by atoms with Crippen LogP contribution in [0.25, 0.3) is 0 Å². The predicted octanol–water partition coefficient (Wildman–Crippen LogP) is 2.56. The van der Waals surface area contributed by atoms with Crippen molar-refractivity contribution in [2.75, 3.05) is 19.7 Å². The first-order valence-electron chi connectivity index (χ1n) is 8.91. The Morgan fingerprint density at radius 2 is 1.65 bits per heavy atom. The minimum Gasteiger partial charge on any atom is -0.376 e. The van der Waals surface area contributed by atoms with E-state index in [2.05, 4.69) is 10.6 Å². The maximum atomic E-state index is 12.2. The summed E-state index contributed by atoms with van der Waals surface area (Å²) in [7, 11) is 0. The highest BCUT2D eigenvalue weighted by Gasteiger charge is 2.26. The number of aryl methyl sites for hydroxylation is 1. The van der Waals surface area contributed by atoms with Gasteiger partial charge in [0.15, 0.2) is 0 Å². The van der Waals surface area contributed by atoms with Crippen LogP contribution in [0, 0.1) is 12.8 Å². The lowest BCUT2D eigenvalue weighted by Gasteiger charge is -2.12. The molecule has 5 nitrogen and oxygen atoms in total. The molecule has 0 unspecified atom stereocenters. The first kappa shape index (κ1) is 18.1. The zero-order chi connectivity index (χ0) is 18.4. The highest BCUT2D eigenvalue weighted by atomic mass is 16.5. The van der Waals surface area contributed by atoms with Crippen molar-refractivity contribution < 1.29 is 14.3 Å². The fourth-order valence-electron chi connectivity index (χ4n) is 3.09. The molecule has 0 bridgehead atoms. The van der Waals surface area contributed by atoms with Gasteiger partial charge in [0.25, 0.3) is 11.8 Å². The van der Waals surface area contributed by atoms with Crippen LogP contribution in [0.4, 0.5) is 0 Å². The molecule has 1 heterocycles. The van der Waals surface area contributed by atoms with E-state index in [9.17, 15) is 9.59 Å². The van der Waals surface area contributed by atoms with Crippen molar-refractivity contribution in [1.82, 2.24) is 10.6 Å². The summed E-state index contributed by atoms with van der Waals surface area (Å²) in [6, 6.07) is 16.7. The van der Waals surface area contributed by atoms with Gasteiger partial charge < -0.3 is 15.4 Å². The van der Waals surface area contributed by atoms with Gasteiger partial charge in [-0.05, 0) is 37.6 Å². The molecule has 0 aliphatic carbocycles. The van der Waals surface area contributed by atoms with Gasteiger partial charge in [-0.3, -0.25) is 9.59 Å². The number of hydrogen-bond donors (Lipinski definition) is 2. The fourth-order valence-corrected chi connectivity index (χ4v) is 3.09. The minimum absolute atomic E-state index is 0.0117. The van der Waals surface area contributed by atoms with Crippen LogP contribution in [0.5, 0.6) is 0 Å². The molecule has 1 saturated heterocycles. The lowest BCUT2D eigenvalue weighted by molar-refractivity contribution is 0.0843. The number of ether oxygens (including phenoxy) is 1. The Hall–Kier alpha value is -2.66. The molecule has 136 valence electrons. The molecule has 26 heavy (non-hydrogen) atoms. The second-order valence-corrected chi connectivity index (χ2v) is 6.71. The van der Waals surface area contributed by atoms with Crippen LogP contribution < -0.4 is 10.6 Å². The van der Waals surface area contributed by atoms with Gasteiger partial charge in [-0.25, -0.2) is 0 Å². The Kier molecular flexibility index (Phi) is 6.02. The topological polar surface area (TPSA) is 67.4 Å². The van der Waals surface area contributed by atoms with E-state index >= 15 is 0 Å². The van der Waals surface area contributed by atoms with Gasteiger partial charge in [0, 0.05) is 30.1 Å². The van der Waals surface area contributed by atoms with Crippen molar-refractivity contribution in [2.24, 2.45) is 5.92 Å². The normalized spacial score (nSPS) is 19.1. The number of amides is 2. The smallest absolute Gasteiger partial charge is 0.251 e. The number of benzene rings is 2. The molecule has 0 saturated carbocycles. The SMILES string of the molecule is Cc1cccc(C(=O)NC[C@@H]2C[C@H](CNC(=O)c3ccccc3)CO2)c1. The van der Waals surface area contributed by atoms with Gasteiger partial charge in [0.1, 0.15) is 0 Å². The maximum absolute atomic E-state index is 12.2. The van der Waals surface area contributed by atoms with Gasteiger partial charge in [-0.15, -0.1) is 0 Å². The highest BCUT2D eigenvalue weighted by molar-refractivity contribution is 5.94. The van der Waals surface area contributed by atoms with Crippen molar-refractivity contribution >= 4 is 11.8 Å². The molecule has 1 aliphatic rings. The molecule has 3 rings (SSSR count). The first-order chi connectivity index (χ1) is 12.6. The fraction of sp³-hybridized carbons (Fsp3) is 0.333. The van der Waals surface area contributed by atoms with Crippen molar-refractivity contribution in [3.8, 4) is 0 Å². The van der Waals surface area contributed by atoms with Gasteiger partial charge in [0.2, 0.25) is 0 Å². The largest absolute Gasteiger partial charge is 0.376 e.